The molecule has 152 valence electrons. The third kappa shape index (κ3) is 4.41. The van der Waals surface area contributed by atoms with E-state index >= 15 is 0 Å². The first-order valence-corrected chi connectivity index (χ1v) is 9.32. The summed E-state index contributed by atoms with van der Waals surface area (Å²) in [6, 6.07) is 18.7. The van der Waals surface area contributed by atoms with E-state index in [4.69, 9.17) is 14.2 Å². The highest BCUT2D eigenvalue weighted by atomic mass is 19.1. The highest BCUT2D eigenvalue weighted by molar-refractivity contribution is 5.98. The largest absolute Gasteiger partial charge is 0.486 e. The van der Waals surface area contributed by atoms with Crippen LogP contribution in [0.3, 0.4) is 0 Å². The molecular formula is C23H18FNO5. The average molecular weight is 407 g/mol. The number of nitrogens with one attached hydrogen (secondary N) is 1. The van der Waals surface area contributed by atoms with Crippen LogP contribution in [-0.4, -0.2) is 25.1 Å². The monoisotopic (exact) mass is 407 g/mol. The number of carbonyl (C=O) groups is 2. The molecule has 0 radical (unpaired) electrons. The summed E-state index contributed by atoms with van der Waals surface area (Å²) in [6.45, 7) is 0.828. The molecule has 1 amide bonds. The summed E-state index contributed by atoms with van der Waals surface area (Å²) >= 11 is 0. The molecule has 0 fully saturated rings. The standard InChI is InChI=1S/C23H18FNO5/c24-17-7-9-18(10-8-17)25-22(26)21(15-4-2-1-3-5-15)30-23(27)16-6-11-19-20(14-16)29-13-12-28-19/h1-11,14,21H,12-13H2,(H,25,26)/t21-/m0/s1. The normalized spacial score (nSPS) is 13.2. The van der Waals surface area contributed by atoms with E-state index in [0.717, 1.165) is 0 Å². The van der Waals surface area contributed by atoms with Crippen LogP contribution in [0.2, 0.25) is 0 Å². The molecule has 1 aliphatic heterocycles. The smallest absolute Gasteiger partial charge is 0.339 e. The van der Waals surface area contributed by atoms with Gasteiger partial charge in [-0.25, -0.2) is 9.18 Å². The highest BCUT2D eigenvalue weighted by Gasteiger charge is 2.26. The first kappa shape index (κ1) is 19.4. The van der Waals surface area contributed by atoms with Gasteiger partial charge in [0, 0.05) is 11.3 Å². The minimum atomic E-state index is -1.20. The third-order valence-corrected chi connectivity index (χ3v) is 4.45. The molecule has 0 saturated heterocycles. The predicted molar refractivity (Wildman–Crippen MR) is 107 cm³/mol. The summed E-state index contributed by atoms with van der Waals surface area (Å²) in [4.78, 5) is 25.6. The Hall–Kier alpha value is -3.87. The zero-order valence-electron chi connectivity index (χ0n) is 15.8. The van der Waals surface area contributed by atoms with Crippen LogP contribution in [0, 0.1) is 5.82 Å². The van der Waals surface area contributed by atoms with Crippen LogP contribution in [0.4, 0.5) is 10.1 Å². The van der Waals surface area contributed by atoms with E-state index in [0.29, 0.717) is 36.0 Å². The molecule has 4 rings (SSSR count). The van der Waals surface area contributed by atoms with Gasteiger partial charge in [0.2, 0.25) is 6.10 Å². The van der Waals surface area contributed by atoms with Gasteiger partial charge in [-0.05, 0) is 42.5 Å². The van der Waals surface area contributed by atoms with Gasteiger partial charge in [0.15, 0.2) is 11.5 Å². The number of benzene rings is 3. The SMILES string of the molecule is O=C(O[C@H](C(=O)Nc1ccc(F)cc1)c1ccccc1)c1ccc2c(c1)OCCO2. The van der Waals surface area contributed by atoms with E-state index in [-0.39, 0.29) is 5.56 Å². The molecule has 30 heavy (non-hydrogen) atoms. The molecule has 0 unspecified atom stereocenters. The Morgan fingerprint density at radius 3 is 2.33 bits per heavy atom. The minimum Gasteiger partial charge on any atom is -0.486 e. The van der Waals surface area contributed by atoms with Crippen molar-refractivity contribution in [3.05, 3.63) is 89.7 Å². The number of rotatable bonds is 5. The third-order valence-electron chi connectivity index (χ3n) is 4.45. The fourth-order valence-corrected chi connectivity index (χ4v) is 2.99. The maximum atomic E-state index is 13.1. The van der Waals surface area contributed by atoms with Crippen LogP contribution in [0.5, 0.6) is 11.5 Å². The molecule has 1 heterocycles. The lowest BCUT2D eigenvalue weighted by atomic mass is 10.1. The molecule has 0 spiro atoms. The molecule has 0 aliphatic carbocycles. The van der Waals surface area contributed by atoms with Gasteiger partial charge in [0.1, 0.15) is 19.0 Å². The zero-order valence-corrected chi connectivity index (χ0v) is 15.8. The Kier molecular flexibility index (Phi) is 5.61. The molecule has 1 N–H and O–H groups in total. The molecule has 3 aromatic rings. The second-order valence-electron chi connectivity index (χ2n) is 6.55. The summed E-state index contributed by atoms with van der Waals surface area (Å²) < 4.78 is 29.6. The minimum absolute atomic E-state index is 0.231. The van der Waals surface area contributed by atoms with Crippen molar-refractivity contribution in [2.75, 3.05) is 18.5 Å². The number of ether oxygens (including phenoxy) is 3. The van der Waals surface area contributed by atoms with E-state index in [1.54, 1.807) is 42.5 Å². The van der Waals surface area contributed by atoms with Crippen molar-refractivity contribution < 1.29 is 28.2 Å². The summed E-state index contributed by atoms with van der Waals surface area (Å²) in [5.74, 6) is -0.666. The molecule has 0 bridgehead atoms. The second kappa shape index (κ2) is 8.65. The van der Waals surface area contributed by atoms with Crippen molar-refractivity contribution in [1.29, 1.82) is 0 Å². The molecular weight excluding hydrogens is 389 g/mol. The van der Waals surface area contributed by atoms with Crippen LogP contribution in [0.15, 0.2) is 72.8 Å². The van der Waals surface area contributed by atoms with Crippen molar-refractivity contribution >= 4 is 17.6 Å². The summed E-state index contributed by atoms with van der Waals surface area (Å²) in [5, 5.41) is 2.65. The lowest BCUT2D eigenvalue weighted by Crippen LogP contribution is -2.26. The zero-order chi connectivity index (χ0) is 20.9. The van der Waals surface area contributed by atoms with Gasteiger partial charge < -0.3 is 19.5 Å². The Labute approximate surface area is 172 Å². The summed E-state index contributed by atoms with van der Waals surface area (Å²) in [6.07, 6.45) is -1.20. The van der Waals surface area contributed by atoms with E-state index in [1.807, 2.05) is 0 Å². The lowest BCUT2D eigenvalue weighted by Gasteiger charge is -2.20. The number of amides is 1. The van der Waals surface area contributed by atoms with E-state index in [1.165, 1.54) is 30.3 Å². The van der Waals surface area contributed by atoms with Gasteiger partial charge in [-0.15, -0.1) is 0 Å². The van der Waals surface area contributed by atoms with Crippen molar-refractivity contribution in [3.63, 3.8) is 0 Å². The molecule has 1 aliphatic rings. The Balaban J connectivity index is 1.56. The average Bonchev–Trinajstić information content (AvgIpc) is 2.79. The quantitative estimate of drug-likeness (QED) is 0.644. The fourth-order valence-electron chi connectivity index (χ4n) is 2.99. The lowest BCUT2D eigenvalue weighted by molar-refractivity contribution is -0.125. The Morgan fingerprint density at radius 1 is 0.900 bits per heavy atom. The van der Waals surface area contributed by atoms with Gasteiger partial charge >= 0.3 is 5.97 Å². The number of esters is 1. The number of halogens is 1. The van der Waals surface area contributed by atoms with Crippen LogP contribution in [0.1, 0.15) is 22.0 Å². The van der Waals surface area contributed by atoms with Crippen molar-refractivity contribution in [3.8, 4) is 11.5 Å². The Morgan fingerprint density at radius 2 is 1.60 bits per heavy atom. The van der Waals surface area contributed by atoms with Crippen molar-refractivity contribution in [2.24, 2.45) is 0 Å². The number of hydrogen-bond acceptors (Lipinski definition) is 5. The highest BCUT2D eigenvalue weighted by Crippen LogP contribution is 2.31. The maximum Gasteiger partial charge on any atom is 0.339 e. The van der Waals surface area contributed by atoms with Gasteiger partial charge in [-0.1, -0.05) is 30.3 Å². The molecule has 0 saturated carbocycles. The molecule has 7 heteroatoms. The first-order valence-electron chi connectivity index (χ1n) is 9.32. The second-order valence-corrected chi connectivity index (χ2v) is 6.55. The van der Waals surface area contributed by atoms with Crippen LogP contribution in [-0.2, 0) is 9.53 Å². The van der Waals surface area contributed by atoms with Crippen LogP contribution in [0.25, 0.3) is 0 Å². The summed E-state index contributed by atoms with van der Waals surface area (Å²) in [5.41, 5.74) is 1.12. The first-order chi connectivity index (χ1) is 14.6. The molecule has 0 aromatic heterocycles. The molecule has 1 atom stereocenters. The fraction of sp³-hybridized carbons (Fsp3) is 0.130. The van der Waals surface area contributed by atoms with Crippen molar-refractivity contribution in [1.82, 2.24) is 0 Å². The van der Waals surface area contributed by atoms with Gasteiger partial charge in [0.05, 0.1) is 5.56 Å². The molecule has 6 nitrogen and oxygen atoms in total. The number of anilines is 1. The topological polar surface area (TPSA) is 73.9 Å². The van der Waals surface area contributed by atoms with E-state index in [2.05, 4.69) is 5.32 Å². The van der Waals surface area contributed by atoms with Gasteiger partial charge in [0.25, 0.3) is 5.91 Å². The summed E-state index contributed by atoms with van der Waals surface area (Å²) in [7, 11) is 0. The van der Waals surface area contributed by atoms with Gasteiger partial charge in [-0.2, -0.15) is 0 Å². The number of carbonyl (C=O) groups excluding carboxylic acids is 2. The van der Waals surface area contributed by atoms with E-state index < -0.39 is 23.8 Å². The Bertz CT molecular complexity index is 1050. The predicted octanol–water partition coefficient (Wildman–Crippen LogP) is 4.13. The maximum absolute atomic E-state index is 13.1. The van der Waals surface area contributed by atoms with E-state index in [9.17, 15) is 14.0 Å². The van der Waals surface area contributed by atoms with Gasteiger partial charge in [-0.3, -0.25) is 4.79 Å². The number of fused-ring (bicyclic) bond motifs is 1. The van der Waals surface area contributed by atoms with Crippen LogP contribution < -0.4 is 14.8 Å². The van der Waals surface area contributed by atoms with Crippen molar-refractivity contribution in [2.45, 2.75) is 6.10 Å². The molecule has 3 aromatic carbocycles. The number of hydrogen-bond donors (Lipinski definition) is 1. The van der Waals surface area contributed by atoms with Crippen LogP contribution >= 0.6 is 0 Å².